The normalized spacial score (nSPS) is 17.5. The molecule has 0 radical (unpaired) electrons. The predicted molar refractivity (Wildman–Crippen MR) is 132 cm³/mol. The van der Waals surface area contributed by atoms with E-state index in [1.54, 1.807) is 0 Å². The number of likely N-dealkylation sites (N-methyl/N-ethyl adjacent to an activating group) is 1. The van der Waals surface area contributed by atoms with Gasteiger partial charge in [-0.15, -0.1) is 24.0 Å². The Kier molecular flexibility index (Phi) is 12.0. The highest BCUT2D eigenvalue weighted by Crippen LogP contribution is 2.13. The molecule has 1 aromatic carbocycles. The van der Waals surface area contributed by atoms with Crippen molar-refractivity contribution in [3.05, 3.63) is 35.9 Å². The lowest BCUT2D eigenvalue weighted by Gasteiger charge is -2.35. The molecule has 2 rings (SSSR count). The molecule has 1 fully saturated rings. The number of nitrogens with zero attached hydrogens (tertiary/aromatic N) is 3. The molecule has 28 heavy (non-hydrogen) atoms. The molecule has 1 unspecified atom stereocenters. The van der Waals surface area contributed by atoms with Crippen LogP contribution in [-0.4, -0.2) is 67.1 Å². The molecule has 0 amide bonds. The van der Waals surface area contributed by atoms with Gasteiger partial charge in [-0.2, -0.15) is 0 Å². The van der Waals surface area contributed by atoms with Gasteiger partial charge >= 0.3 is 0 Å². The molecular formula is C22H40IN5. The van der Waals surface area contributed by atoms with Crippen molar-refractivity contribution in [2.24, 2.45) is 4.99 Å². The standard InChI is InChI=1S/C22H39N5.HI/c1-6-23-22(25-21-12-14-27(15-13-21)18(2)3)24-16-19(4)26(5)17-20-10-8-7-9-11-20;/h7-11,18-19,21H,6,12-17H2,1-5H3,(H2,23,24,25);1H. The third kappa shape index (κ3) is 8.66. The van der Waals surface area contributed by atoms with Gasteiger partial charge in [0.2, 0.25) is 0 Å². The summed E-state index contributed by atoms with van der Waals surface area (Å²) < 4.78 is 0. The minimum Gasteiger partial charge on any atom is -0.357 e. The molecule has 2 N–H and O–H groups in total. The summed E-state index contributed by atoms with van der Waals surface area (Å²) in [4.78, 5) is 9.79. The zero-order valence-electron chi connectivity index (χ0n) is 18.3. The molecule has 160 valence electrons. The molecule has 1 heterocycles. The first-order valence-corrected chi connectivity index (χ1v) is 10.5. The number of benzene rings is 1. The molecule has 1 atom stereocenters. The molecule has 1 saturated heterocycles. The Balaban J connectivity index is 0.00000392. The number of nitrogens with one attached hydrogen (secondary N) is 2. The topological polar surface area (TPSA) is 42.9 Å². The van der Waals surface area contributed by atoms with E-state index in [2.05, 4.69) is 85.5 Å². The lowest BCUT2D eigenvalue weighted by atomic mass is 10.0. The second-order valence-electron chi connectivity index (χ2n) is 8.02. The van der Waals surface area contributed by atoms with Crippen molar-refractivity contribution in [3.8, 4) is 0 Å². The minimum atomic E-state index is 0. The Morgan fingerprint density at radius 1 is 1.18 bits per heavy atom. The van der Waals surface area contributed by atoms with E-state index in [0.29, 0.717) is 18.1 Å². The molecule has 6 heteroatoms. The second kappa shape index (κ2) is 13.4. The van der Waals surface area contributed by atoms with Gasteiger partial charge in [0.15, 0.2) is 5.96 Å². The number of halogens is 1. The van der Waals surface area contributed by atoms with Crippen LogP contribution in [0.2, 0.25) is 0 Å². The number of piperidine rings is 1. The van der Waals surface area contributed by atoms with Crippen LogP contribution in [0.4, 0.5) is 0 Å². The van der Waals surface area contributed by atoms with E-state index >= 15 is 0 Å². The van der Waals surface area contributed by atoms with Crippen LogP contribution in [0.5, 0.6) is 0 Å². The van der Waals surface area contributed by atoms with Crippen molar-refractivity contribution in [1.82, 2.24) is 20.4 Å². The molecule has 1 aromatic rings. The number of hydrogen-bond donors (Lipinski definition) is 2. The molecule has 0 saturated carbocycles. The maximum absolute atomic E-state index is 4.86. The fourth-order valence-electron chi connectivity index (χ4n) is 3.46. The number of rotatable bonds is 8. The maximum Gasteiger partial charge on any atom is 0.191 e. The Hall–Kier alpha value is -0.860. The van der Waals surface area contributed by atoms with Gasteiger partial charge in [-0.1, -0.05) is 30.3 Å². The van der Waals surface area contributed by atoms with Crippen LogP contribution < -0.4 is 10.6 Å². The predicted octanol–water partition coefficient (Wildman–Crippen LogP) is 3.55. The molecule has 1 aliphatic heterocycles. The van der Waals surface area contributed by atoms with Gasteiger partial charge in [-0.05, 0) is 53.1 Å². The maximum atomic E-state index is 4.86. The number of hydrogen-bond acceptors (Lipinski definition) is 3. The van der Waals surface area contributed by atoms with Crippen LogP contribution in [0, 0.1) is 0 Å². The second-order valence-corrected chi connectivity index (χ2v) is 8.02. The smallest absolute Gasteiger partial charge is 0.191 e. The van der Waals surface area contributed by atoms with Crippen LogP contribution in [0.15, 0.2) is 35.3 Å². The zero-order chi connectivity index (χ0) is 19.6. The summed E-state index contributed by atoms with van der Waals surface area (Å²) in [6.07, 6.45) is 2.37. The summed E-state index contributed by atoms with van der Waals surface area (Å²) in [5.41, 5.74) is 1.35. The van der Waals surface area contributed by atoms with E-state index in [-0.39, 0.29) is 24.0 Å². The van der Waals surface area contributed by atoms with Gasteiger partial charge in [0.1, 0.15) is 0 Å². The monoisotopic (exact) mass is 501 g/mol. The number of guanidine groups is 1. The van der Waals surface area contributed by atoms with Crippen molar-refractivity contribution >= 4 is 29.9 Å². The summed E-state index contributed by atoms with van der Waals surface area (Å²) in [5, 5.41) is 7.07. The number of likely N-dealkylation sites (tertiary alicyclic amines) is 1. The molecule has 5 nitrogen and oxygen atoms in total. The highest BCUT2D eigenvalue weighted by molar-refractivity contribution is 14.0. The van der Waals surface area contributed by atoms with Crippen molar-refractivity contribution in [2.75, 3.05) is 33.2 Å². The largest absolute Gasteiger partial charge is 0.357 e. The summed E-state index contributed by atoms with van der Waals surface area (Å²) in [6.45, 7) is 13.9. The summed E-state index contributed by atoms with van der Waals surface area (Å²) >= 11 is 0. The lowest BCUT2D eigenvalue weighted by Crippen LogP contribution is -2.50. The first-order valence-electron chi connectivity index (χ1n) is 10.5. The average molecular weight is 502 g/mol. The van der Waals surface area contributed by atoms with Gasteiger partial charge in [0.25, 0.3) is 0 Å². The summed E-state index contributed by atoms with van der Waals surface area (Å²) in [6, 6.07) is 12.2. The van der Waals surface area contributed by atoms with E-state index < -0.39 is 0 Å². The first kappa shape index (κ1) is 25.2. The third-order valence-corrected chi connectivity index (χ3v) is 5.49. The van der Waals surface area contributed by atoms with Crippen LogP contribution in [0.25, 0.3) is 0 Å². The van der Waals surface area contributed by atoms with E-state index in [9.17, 15) is 0 Å². The van der Waals surface area contributed by atoms with Gasteiger partial charge < -0.3 is 15.5 Å². The van der Waals surface area contributed by atoms with Crippen LogP contribution in [0.1, 0.15) is 46.1 Å². The quantitative estimate of drug-likeness (QED) is 0.325. The number of aliphatic imine (C=N–C) groups is 1. The highest BCUT2D eigenvalue weighted by Gasteiger charge is 2.21. The van der Waals surface area contributed by atoms with E-state index in [0.717, 1.165) is 25.6 Å². The van der Waals surface area contributed by atoms with Crippen molar-refractivity contribution < 1.29 is 0 Å². The average Bonchev–Trinajstić information content (AvgIpc) is 2.67. The van der Waals surface area contributed by atoms with Crippen LogP contribution in [-0.2, 0) is 6.54 Å². The Morgan fingerprint density at radius 2 is 1.82 bits per heavy atom. The molecule has 1 aliphatic rings. The summed E-state index contributed by atoms with van der Waals surface area (Å²) in [7, 11) is 2.18. The van der Waals surface area contributed by atoms with Gasteiger partial charge in [-0.3, -0.25) is 9.89 Å². The molecule has 0 aromatic heterocycles. The van der Waals surface area contributed by atoms with Crippen LogP contribution >= 0.6 is 24.0 Å². The highest BCUT2D eigenvalue weighted by atomic mass is 127. The summed E-state index contributed by atoms with van der Waals surface area (Å²) in [5.74, 6) is 0.959. The van der Waals surface area contributed by atoms with Crippen LogP contribution in [0.3, 0.4) is 0 Å². The van der Waals surface area contributed by atoms with E-state index in [4.69, 9.17) is 4.99 Å². The van der Waals surface area contributed by atoms with Crippen molar-refractivity contribution in [3.63, 3.8) is 0 Å². The van der Waals surface area contributed by atoms with Gasteiger partial charge in [-0.25, -0.2) is 0 Å². The molecule has 0 aliphatic carbocycles. The van der Waals surface area contributed by atoms with Gasteiger partial charge in [0, 0.05) is 44.3 Å². The Morgan fingerprint density at radius 3 is 2.39 bits per heavy atom. The molecule has 0 bridgehead atoms. The SMILES string of the molecule is CCNC(=NCC(C)N(C)Cc1ccccc1)NC1CCN(C(C)C)CC1.I. The molecule has 0 spiro atoms. The Bertz CT molecular complexity index is 555. The molecular weight excluding hydrogens is 461 g/mol. The zero-order valence-corrected chi connectivity index (χ0v) is 20.6. The Labute approximate surface area is 189 Å². The third-order valence-electron chi connectivity index (χ3n) is 5.49. The fourth-order valence-corrected chi connectivity index (χ4v) is 3.46. The fraction of sp³-hybridized carbons (Fsp3) is 0.682. The minimum absolute atomic E-state index is 0. The van der Waals surface area contributed by atoms with E-state index in [1.165, 1.54) is 31.5 Å². The van der Waals surface area contributed by atoms with Crippen molar-refractivity contribution in [2.45, 2.75) is 65.2 Å². The lowest BCUT2D eigenvalue weighted by molar-refractivity contribution is 0.167. The first-order chi connectivity index (χ1) is 13.0. The van der Waals surface area contributed by atoms with E-state index in [1.807, 2.05) is 0 Å². The van der Waals surface area contributed by atoms with Crippen molar-refractivity contribution in [1.29, 1.82) is 0 Å². The van der Waals surface area contributed by atoms with Gasteiger partial charge in [0.05, 0.1) is 6.54 Å².